The Balaban J connectivity index is 1.57. The zero-order valence-electron chi connectivity index (χ0n) is 21.5. The predicted molar refractivity (Wildman–Crippen MR) is 140 cm³/mol. The summed E-state index contributed by atoms with van der Waals surface area (Å²) >= 11 is 0. The number of carbonyl (C=O) groups is 1. The van der Waals surface area contributed by atoms with Gasteiger partial charge in [0.2, 0.25) is 15.9 Å². The molecule has 1 aliphatic rings. The molecule has 4 rings (SSSR count). The van der Waals surface area contributed by atoms with Crippen LogP contribution in [0, 0.1) is 20.8 Å². The number of aryl methyl sites for hydroxylation is 3. The number of nitrogens with zero attached hydrogens (tertiary/aromatic N) is 1. The summed E-state index contributed by atoms with van der Waals surface area (Å²) in [7, 11) is -3.97. The standard InChI is InChI=1S/C29H32F2N2O3S/c1-19-15-20(2)27(21(3)16-19)37(35,36)33-18-24-8-6-5-7-23(24)17-26(33)28(34)32-14-13-22-9-11-25(12-10-22)29(4,30)31/h5-12,15-16,26H,13-14,17-18H2,1-4H3,(H,32,34). The normalized spacial score (nSPS) is 16.3. The lowest BCUT2D eigenvalue weighted by Crippen LogP contribution is -2.52. The van der Waals surface area contributed by atoms with Gasteiger partial charge in [-0.3, -0.25) is 4.79 Å². The minimum absolute atomic E-state index is 0.0660. The quantitative estimate of drug-likeness (QED) is 0.460. The number of nitrogens with one attached hydrogen (secondary N) is 1. The molecule has 3 aromatic carbocycles. The van der Waals surface area contributed by atoms with Crippen molar-refractivity contribution in [2.24, 2.45) is 0 Å². The van der Waals surface area contributed by atoms with E-state index in [9.17, 15) is 22.0 Å². The van der Waals surface area contributed by atoms with Crippen LogP contribution in [0.25, 0.3) is 0 Å². The Morgan fingerprint density at radius 1 is 1.00 bits per heavy atom. The van der Waals surface area contributed by atoms with Crippen LogP contribution >= 0.6 is 0 Å². The molecule has 3 aromatic rings. The number of sulfonamides is 1. The van der Waals surface area contributed by atoms with E-state index in [0.29, 0.717) is 17.5 Å². The monoisotopic (exact) mass is 526 g/mol. The fraction of sp³-hybridized carbons (Fsp3) is 0.345. The van der Waals surface area contributed by atoms with Gasteiger partial charge >= 0.3 is 0 Å². The summed E-state index contributed by atoms with van der Waals surface area (Å²) in [5.41, 5.74) is 4.84. The molecular weight excluding hydrogens is 494 g/mol. The Morgan fingerprint density at radius 3 is 2.19 bits per heavy atom. The van der Waals surface area contributed by atoms with Crippen molar-refractivity contribution in [3.8, 4) is 0 Å². The Kier molecular flexibility index (Phi) is 7.53. The summed E-state index contributed by atoms with van der Waals surface area (Å²) in [6, 6.07) is 16.4. The van der Waals surface area contributed by atoms with Crippen LogP contribution in [0.15, 0.2) is 65.6 Å². The molecule has 0 radical (unpaired) electrons. The highest BCUT2D eigenvalue weighted by Gasteiger charge is 2.40. The summed E-state index contributed by atoms with van der Waals surface area (Å²) < 4.78 is 56.2. The first-order valence-electron chi connectivity index (χ1n) is 12.3. The Morgan fingerprint density at radius 2 is 1.59 bits per heavy atom. The molecule has 0 aromatic heterocycles. The lowest BCUT2D eigenvalue weighted by Gasteiger charge is -2.35. The molecule has 0 fully saturated rings. The number of rotatable bonds is 7. The molecular formula is C29H32F2N2O3S. The third kappa shape index (κ3) is 5.75. The van der Waals surface area contributed by atoms with E-state index in [1.807, 2.05) is 43.3 Å². The Bertz CT molecular complexity index is 1390. The molecule has 0 saturated heterocycles. The maximum Gasteiger partial charge on any atom is 0.270 e. The van der Waals surface area contributed by atoms with Gasteiger partial charge in [0.15, 0.2) is 0 Å². The molecule has 1 atom stereocenters. The largest absolute Gasteiger partial charge is 0.354 e. The smallest absolute Gasteiger partial charge is 0.270 e. The number of alkyl halides is 2. The van der Waals surface area contributed by atoms with Gasteiger partial charge in [-0.15, -0.1) is 0 Å². The van der Waals surface area contributed by atoms with Crippen LogP contribution in [0.5, 0.6) is 0 Å². The van der Waals surface area contributed by atoms with Gasteiger partial charge in [-0.05, 0) is 61.4 Å². The van der Waals surface area contributed by atoms with Crippen molar-refractivity contribution in [2.75, 3.05) is 6.54 Å². The van der Waals surface area contributed by atoms with E-state index >= 15 is 0 Å². The maximum absolute atomic E-state index is 14.0. The van der Waals surface area contributed by atoms with Gasteiger partial charge in [0.1, 0.15) is 6.04 Å². The topological polar surface area (TPSA) is 66.5 Å². The molecule has 1 unspecified atom stereocenters. The summed E-state index contributed by atoms with van der Waals surface area (Å²) in [5.74, 6) is -3.29. The van der Waals surface area contributed by atoms with Gasteiger partial charge in [-0.25, -0.2) is 17.2 Å². The van der Waals surface area contributed by atoms with Gasteiger partial charge in [-0.2, -0.15) is 4.31 Å². The maximum atomic E-state index is 14.0. The lowest BCUT2D eigenvalue weighted by molar-refractivity contribution is -0.125. The molecule has 37 heavy (non-hydrogen) atoms. The van der Waals surface area contributed by atoms with Gasteiger partial charge in [-0.1, -0.05) is 66.2 Å². The number of benzene rings is 3. The van der Waals surface area contributed by atoms with E-state index in [0.717, 1.165) is 29.2 Å². The van der Waals surface area contributed by atoms with E-state index in [1.54, 1.807) is 26.0 Å². The summed E-state index contributed by atoms with van der Waals surface area (Å²) in [6.45, 7) is 6.69. The van der Waals surface area contributed by atoms with Crippen LogP contribution in [0.2, 0.25) is 0 Å². The second-order valence-electron chi connectivity index (χ2n) is 9.89. The molecule has 0 aliphatic carbocycles. The molecule has 1 aliphatic heterocycles. The van der Waals surface area contributed by atoms with Crippen molar-refractivity contribution < 1.29 is 22.0 Å². The summed E-state index contributed by atoms with van der Waals surface area (Å²) in [4.78, 5) is 13.6. The van der Waals surface area contributed by atoms with Gasteiger partial charge in [0, 0.05) is 25.6 Å². The first-order valence-corrected chi connectivity index (χ1v) is 13.7. The molecule has 196 valence electrons. The number of carbonyl (C=O) groups excluding carboxylic acids is 1. The van der Waals surface area contributed by atoms with Gasteiger partial charge in [0.25, 0.3) is 5.92 Å². The summed E-state index contributed by atoms with van der Waals surface area (Å²) in [5, 5.41) is 2.88. The average molecular weight is 527 g/mol. The third-order valence-electron chi connectivity index (χ3n) is 6.85. The highest BCUT2D eigenvalue weighted by atomic mass is 32.2. The zero-order chi connectivity index (χ0) is 27.0. The van der Waals surface area contributed by atoms with Crippen molar-refractivity contribution in [2.45, 2.75) is 63.9 Å². The summed E-state index contributed by atoms with van der Waals surface area (Å²) in [6.07, 6.45) is 0.707. The van der Waals surface area contributed by atoms with Crippen LogP contribution in [-0.4, -0.2) is 31.2 Å². The number of halogens is 2. The predicted octanol–water partition coefficient (Wildman–Crippen LogP) is 5.20. The van der Waals surface area contributed by atoms with Crippen LogP contribution in [0.3, 0.4) is 0 Å². The first-order chi connectivity index (χ1) is 17.4. The van der Waals surface area contributed by atoms with Crippen LogP contribution in [-0.2, 0) is 40.1 Å². The molecule has 0 spiro atoms. The van der Waals surface area contributed by atoms with Crippen molar-refractivity contribution in [1.82, 2.24) is 9.62 Å². The van der Waals surface area contributed by atoms with Crippen molar-refractivity contribution in [1.29, 1.82) is 0 Å². The van der Waals surface area contributed by atoms with Crippen molar-refractivity contribution in [3.05, 3.63) is 99.6 Å². The number of hydrogen-bond acceptors (Lipinski definition) is 3. The van der Waals surface area contributed by atoms with Crippen LogP contribution < -0.4 is 5.32 Å². The van der Waals surface area contributed by atoms with Crippen molar-refractivity contribution >= 4 is 15.9 Å². The Labute approximate surface area is 217 Å². The van der Waals surface area contributed by atoms with Gasteiger partial charge in [0.05, 0.1) is 4.90 Å². The number of amides is 1. The van der Waals surface area contributed by atoms with Crippen LogP contribution in [0.1, 0.15) is 45.9 Å². The fourth-order valence-electron chi connectivity index (χ4n) is 5.08. The number of fused-ring (bicyclic) bond motifs is 1. The van der Waals surface area contributed by atoms with Gasteiger partial charge < -0.3 is 5.32 Å². The minimum Gasteiger partial charge on any atom is -0.354 e. The minimum atomic E-state index is -3.97. The van der Waals surface area contributed by atoms with E-state index < -0.39 is 22.0 Å². The SMILES string of the molecule is Cc1cc(C)c(S(=O)(=O)N2Cc3ccccc3CC2C(=O)NCCc2ccc(C(C)(F)F)cc2)c(C)c1. The van der Waals surface area contributed by atoms with Crippen LogP contribution in [0.4, 0.5) is 8.78 Å². The van der Waals surface area contributed by atoms with E-state index in [-0.39, 0.29) is 35.9 Å². The zero-order valence-corrected chi connectivity index (χ0v) is 22.3. The van der Waals surface area contributed by atoms with E-state index in [1.165, 1.54) is 16.4 Å². The highest BCUT2D eigenvalue weighted by Crippen LogP contribution is 2.32. The molecule has 8 heteroatoms. The third-order valence-corrected chi connectivity index (χ3v) is 9.01. The lowest BCUT2D eigenvalue weighted by atomic mass is 9.95. The molecule has 0 bridgehead atoms. The molecule has 1 heterocycles. The average Bonchev–Trinajstić information content (AvgIpc) is 2.82. The molecule has 5 nitrogen and oxygen atoms in total. The van der Waals surface area contributed by atoms with E-state index in [2.05, 4.69) is 5.32 Å². The highest BCUT2D eigenvalue weighted by molar-refractivity contribution is 7.89. The number of hydrogen-bond donors (Lipinski definition) is 1. The Hall–Kier alpha value is -3.10. The fourth-order valence-corrected chi connectivity index (χ4v) is 7.06. The first kappa shape index (κ1) is 26.9. The second kappa shape index (κ2) is 10.3. The van der Waals surface area contributed by atoms with E-state index in [4.69, 9.17) is 0 Å². The molecule has 0 saturated carbocycles. The van der Waals surface area contributed by atoms with Crippen molar-refractivity contribution in [3.63, 3.8) is 0 Å². The molecule has 1 N–H and O–H groups in total. The molecule has 1 amide bonds. The second-order valence-corrected chi connectivity index (χ2v) is 11.7.